The summed E-state index contributed by atoms with van der Waals surface area (Å²) in [6.07, 6.45) is 7.75. The second kappa shape index (κ2) is 9.91. The van der Waals surface area contributed by atoms with Gasteiger partial charge in [0.05, 0.1) is 6.10 Å². The van der Waals surface area contributed by atoms with Crippen molar-refractivity contribution in [1.82, 2.24) is 0 Å². The van der Waals surface area contributed by atoms with Gasteiger partial charge in [-0.1, -0.05) is 57.6 Å². The van der Waals surface area contributed by atoms with E-state index in [2.05, 4.69) is 27.4 Å². The summed E-state index contributed by atoms with van der Waals surface area (Å²) < 4.78 is 19.4. The Morgan fingerprint density at radius 3 is 2.78 bits per heavy atom. The molecule has 1 unspecified atom stereocenters. The number of phenolic OH excluding ortho intramolecular Hbond substituents is 1. The molecule has 27 heavy (non-hydrogen) atoms. The standard InChI is InChI=1S/C22H30BFO3/c1-5-6-17(13-18-7-9-21(25)20(24)14-18)8-10-22-19(16(4)15(2)3)11-12-23(26)27-22/h7,9,11,13-15,22,25-26H,4-6,8,10,12H2,1-3H3/b17-13+. The molecule has 1 aliphatic rings. The van der Waals surface area contributed by atoms with E-state index in [0.29, 0.717) is 12.2 Å². The van der Waals surface area contributed by atoms with Gasteiger partial charge in [0.25, 0.3) is 0 Å². The van der Waals surface area contributed by atoms with Crippen LogP contribution in [0, 0.1) is 11.7 Å². The first-order valence-electron chi connectivity index (χ1n) is 9.72. The van der Waals surface area contributed by atoms with E-state index in [9.17, 15) is 14.5 Å². The fraction of sp³-hybridized carbons (Fsp3) is 0.455. The van der Waals surface area contributed by atoms with Crippen molar-refractivity contribution in [3.8, 4) is 5.75 Å². The topological polar surface area (TPSA) is 49.7 Å². The van der Waals surface area contributed by atoms with Crippen molar-refractivity contribution in [2.45, 2.75) is 58.9 Å². The van der Waals surface area contributed by atoms with E-state index >= 15 is 0 Å². The molecule has 0 spiro atoms. The largest absolute Gasteiger partial charge is 0.505 e. The first-order chi connectivity index (χ1) is 12.8. The average Bonchev–Trinajstić information content (AvgIpc) is 2.62. The molecule has 5 heteroatoms. The average molecular weight is 372 g/mol. The maximum absolute atomic E-state index is 13.6. The Kier molecular flexibility index (Phi) is 7.87. The lowest BCUT2D eigenvalue weighted by atomic mass is 9.76. The first kappa shape index (κ1) is 21.5. The number of benzene rings is 1. The van der Waals surface area contributed by atoms with E-state index in [4.69, 9.17) is 4.65 Å². The van der Waals surface area contributed by atoms with E-state index < -0.39 is 12.9 Å². The van der Waals surface area contributed by atoms with E-state index in [0.717, 1.165) is 42.4 Å². The molecule has 0 aliphatic carbocycles. The third-order valence-electron chi connectivity index (χ3n) is 4.92. The zero-order valence-corrected chi connectivity index (χ0v) is 16.5. The highest BCUT2D eigenvalue weighted by molar-refractivity contribution is 6.43. The van der Waals surface area contributed by atoms with E-state index in [1.807, 2.05) is 12.2 Å². The SMILES string of the molecule is C=C(C1=CCB(O)OC1CC/C(=C/c1ccc(O)c(F)c1)CCC)C(C)C. The van der Waals surface area contributed by atoms with Crippen LogP contribution in [0.4, 0.5) is 4.39 Å². The molecule has 0 radical (unpaired) electrons. The third kappa shape index (κ3) is 6.08. The van der Waals surface area contributed by atoms with Crippen LogP contribution in [0.15, 0.2) is 47.6 Å². The van der Waals surface area contributed by atoms with Gasteiger partial charge in [0.15, 0.2) is 11.6 Å². The smallest absolute Gasteiger partial charge is 0.458 e. The molecule has 2 N–H and O–H groups in total. The second-order valence-corrected chi connectivity index (χ2v) is 7.46. The fourth-order valence-corrected chi connectivity index (χ4v) is 3.33. The van der Waals surface area contributed by atoms with Crippen LogP contribution in [-0.4, -0.2) is 23.4 Å². The zero-order chi connectivity index (χ0) is 20.0. The lowest BCUT2D eigenvalue weighted by Gasteiger charge is -2.29. The summed E-state index contributed by atoms with van der Waals surface area (Å²) in [5, 5.41) is 19.3. The Morgan fingerprint density at radius 1 is 1.41 bits per heavy atom. The fourth-order valence-electron chi connectivity index (χ4n) is 3.33. The van der Waals surface area contributed by atoms with Crippen molar-refractivity contribution in [2.75, 3.05) is 0 Å². The molecule has 0 fully saturated rings. The molecule has 3 nitrogen and oxygen atoms in total. The molecule has 0 amide bonds. The van der Waals surface area contributed by atoms with E-state index in [1.54, 1.807) is 6.07 Å². The summed E-state index contributed by atoms with van der Waals surface area (Å²) in [5.74, 6) is -0.629. The summed E-state index contributed by atoms with van der Waals surface area (Å²) in [6.45, 7) is 10.5. The molecule has 0 saturated carbocycles. The Hall–Kier alpha value is -1.85. The van der Waals surface area contributed by atoms with Crippen molar-refractivity contribution in [1.29, 1.82) is 0 Å². The number of hydrogen-bond donors (Lipinski definition) is 2. The van der Waals surface area contributed by atoms with Crippen LogP contribution in [0.2, 0.25) is 6.32 Å². The molecule has 0 aromatic heterocycles. The number of halogens is 1. The molecule has 1 heterocycles. The van der Waals surface area contributed by atoms with Crippen LogP contribution in [-0.2, 0) is 4.65 Å². The van der Waals surface area contributed by atoms with Gasteiger partial charge in [-0.2, -0.15) is 0 Å². The van der Waals surface area contributed by atoms with Gasteiger partial charge < -0.3 is 14.8 Å². The number of aromatic hydroxyl groups is 1. The monoisotopic (exact) mass is 372 g/mol. The summed E-state index contributed by atoms with van der Waals surface area (Å²) in [7, 11) is -0.775. The van der Waals surface area contributed by atoms with Crippen LogP contribution in [0.3, 0.4) is 0 Å². The van der Waals surface area contributed by atoms with Crippen LogP contribution in [0.1, 0.15) is 52.0 Å². The minimum absolute atomic E-state index is 0.180. The second-order valence-electron chi connectivity index (χ2n) is 7.46. The van der Waals surface area contributed by atoms with E-state index in [-0.39, 0.29) is 11.9 Å². The molecular formula is C22H30BFO3. The van der Waals surface area contributed by atoms with Crippen molar-refractivity contribution >= 4 is 13.2 Å². The summed E-state index contributed by atoms with van der Waals surface area (Å²) in [5.41, 5.74) is 4.07. The summed E-state index contributed by atoms with van der Waals surface area (Å²) in [6, 6.07) is 4.43. The van der Waals surface area contributed by atoms with Crippen molar-refractivity contribution in [3.63, 3.8) is 0 Å². The molecule has 1 aromatic rings. The zero-order valence-electron chi connectivity index (χ0n) is 16.5. The maximum Gasteiger partial charge on any atom is 0.458 e. The van der Waals surface area contributed by atoms with Gasteiger partial charge in [-0.15, -0.1) is 0 Å². The number of allylic oxidation sites excluding steroid dienone is 2. The molecule has 0 saturated heterocycles. The minimum atomic E-state index is -0.775. The quantitative estimate of drug-likeness (QED) is 0.592. The predicted molar refractivity (Wildman–Crippen MR) is 110 cm³/mol. The maximum atomic E-state index is 13.6. The van der Waals surface area contributed by atoms with Gasteiger partial charge >= 0.3 is 7.12 Å². The summed E-state index contributed by atoms with van der Waals surface area (Å²) in [4.78, 5) is 0. The molecule has 1 aliphatic heterocycles. The highest BCUT2D eigenvalue weighted by Gasteiger charge is 2.28. The normalized spacial score (nSPS) is 18.0. The summed E-state index contributed by atoms with van der Waals surface area (Å²) >= 11 is 0. The van der Waals surface area contributed by atoms with Gasteiger partial charge in [0.2, 0.25) is 0 Å². The predicted octanol–water partition coefficient (Wildman–Crippen LogP) is 5.51. The Balaban J connectivity index is 2.14. The Morgan fingerprint density at radius 2 is 2.15 bits per heavy atom. The highest BCUT2D eigenvalue weighted by Crippen LogP contribution is 2.31. The van der Waals surface area contributed by atoms with Gasteiger partial charge in [0, 0.05) is 6.32 Å². The van der Waals surface area contributed by atoms with Gasteiger partial charge in [-0.05, 0) is 54.0 Å². The number of hydrogen-bond acceptors (Lipinski definition) is 3. The molecule has 146 valence electrons. The molecule has 1 atom stereocenters. The van der Waals surface area contributed by atoms with Crippen LogP contribution in [0.25, 0.3) is 6.08 Å². The molecule has 1 aromatic carbocycles. The first-order valence-corrected chi connectivity index (χ1v) is 9.72. The lowest BCUT2D eigenvalue weighted by molar-refractivity contribution is 0.182. The molecule has 2 rings (SSSR count). The van der Waals surface area contributed by atoms with E-state index in [1.165, 1.54) is 17.7 Å². The van der Waals surface area contributed by atoms with Crippen molar-refractivity contribution < 1.29 is 19.2 Å². The minimum Gasteiger partial charge on any atom is -0.505 e. The Bertz CT molecular complexity index is 724. The van der Waals surface area contributed by atoms with Gasteiger partial charge in [-0.3, -0.25) is 0 Å². The number of rotatable bonds is 8. The third-order valence-corrected chi connectivity index (χ3v) is 4.92. The van der Waals surface area contributed by atoms with Crippen LogP contribution in [0.5, 0.6) is 5.75 Å². The van der Waals surface area contributed by atoms with Crippen molar-refractivity contribution in [3.05, 3.63) is 59.0 Å². The highest BCUT2D eigenvalue weighted by atomic mass is 19.1. The van der Waals surface area contributed by atoms with Crippen LogP contribution >= 0.6 is 0 Å². The van der Waals surface area contributed by atoms with Crippen LogP contribution < -0.4 is 0 Å². The lowest BCUT2D eigenvalue weighted by Crippen LogP contribution is -2.32. The molecular weight excluding hydrogens is 342 g/mol. The number of phenols is 1. The van der Waals surface area contributed by atoms with Gasteiger partial charge in [0.1, 0.15) is 0 Å². The Labute approximate surface area is 162 Å². The van der Waals surface area contributed by atoms with Crippen molar-refractivity contribution in [2.24, 2.45) is 5.92 Å². The van der Waals surface area contributed by atoms with Gasteiger partial charge in [-0.25, -0.2) is 4.39 Å². The molecule has 0 bridgehead atoms.